The van der Waals surface area contributed by atoms with Crippen LogP contribution in [-0.2, 0) is 10.0 Å². The van der Waals surface area contributed by atoms with Crippen LogP contribution in [0, 0.1) is 0 Å². The Morgan fingerprint density at radius 3 is 2.16 bits per heavy atom. The SMILES string of the molecule is CCN(c1ccccc1)S(=O)(=O)c1ccc(C(=O)Oc2ccc(C3SCCS3)cc2)cc1. The van der Waals surface area contributed by atoms with Crippen LogP contribution in [-0.4, -0.2) is 32.4 Å². The van der Waals surface area contributed by atoms with Crippen LogP contribution in [0.4, 0.5) is 5.69 Å². The van der Waals surface area contributed by atoms with Crippen LogP contribution in [0.5, 0.6) is 5.75 Å². The lowest BCUT2D eigenvalue weighted by atomic mass is 10.2. The van der Waals surface area contributed by atoms with Crippen LogP contribution in [0.1, 0.15) is 27.4 Å². The van der Waals surface area contributed by atoms with Crippen LogP contribution >= 0.6 is 23.5 Å². The van der Waals surface area contributed by atoms with E-state index >= 15 is 0 Å². The molecule has 1 heterocycles. The first-order valence-electron chi connectivity index (χ1n) is 10.2. The van der Waals surface area contributed by atoms with E-state index < -0.39 is 16.0 Å². The van der Waals surface area contributed by atoms with Gasteiger partial charge in [-0.1, -0.05) is 30.3 Å². The van der Waals surface area contributed by atoms with Crippen LogP contribution in [0.3, 0.4) is 0 Å². The van der Waals surface area contributed by atoms with E-state index in [0.717, 1.165) is 11.5 Å². The number of hydrogen-bond donors (Lipinski definition) is 0. The number of benzene rings is 3. The van der Waals surface area contributed by atoms with Gasteiger partial charge in [0.1, 0.15) is 5.75 Å². The molecule has 3 aromatic carbocycles. The van der Waals surface area contributed by atoms with Gasteiger partial charge in [0, 0.05) is 18.1 Å². The lowest BCUT2D eigenvalue weighted by Crippen LogP contribution is -2.30. The summed E-state index contributed by atoms with van der Waals surface area (Å²) in [5.41, 5.74) is 2.10. The highest BCUT2D eigenvalue weighted by Crippen LogP contribution is 2.45. The smallest absolute Gasteiger partial charge is 0.343 e. The van der Waals surface area contributed by atoms with Gasteiger partial charge >= 0.3 is 5.97 Å². The highest BCUT2D eigenvalue weighted by molar-refractivity contribution is 8.19. The third-order valence-corrected chi connectivity index (χ3v) is 10.0. The van der Waals surface area contributed by atoms with E-state index in [4.69, 9.17) is 4.74 Å². The van der Waals surface area contributed by atoms with Gasteiger partial charge in [0.25, 0.3) is 10.0 Å². The van der Waals surface area contributed by atoms with Crippen molar-refractivity contribution in [3.63, 3.8) is 0 Å². The molecule has 0 bridgehead atoms. The summed E-state index contributed by atoms with van der Waals surface area (Å²) in [6.45, 7) is 2.08. The zero-order chi connectivity index (χ0) is 22.6. The Morgan fingerprint density at radius 2 is 1.56 bits per heavy atom. The minimum absolute atomic E-state index is 0.121. The van der Waals surface area contributed by atoms with Gasteiger partial charge in [-0.05, 0) is 61.0 Å². The Hall–Kier alpha value is -2.42. The number of nitrogens with zero attached hydrogens (tertiary/aromatic N) is 1. The Bertz CT molecular complexity index is 1160. The Labute approximate surface area is 197 Å². The molecule has 32 heavy (non-hydrogen) atoms. The molecular weight excluding hydrogens is 462 g/mol. The number of para-hydroxylation sites is 1. The van der Waals surface area contributed by atoms with Crippen molar-refractivity contribution in [2.24, 2.45) is 0 Å². The number of sulfonamides is 1. The standard InChI is InChI=1S/C24H23NO4S3/c1-2-25(20-6-4-3-5-7-20)32(27,28)22-14-10-18(11-15-22)23(26)29-21-12-8-19(9-13-21)24-30-16-17-31-24/h3-15,24H,2,16-17H2,1H3. The quantitative estimate of drug-likeness (QED) is 0.321. The number of esters is 1. The molecule has 0 atom stereocenters. The molecule has 4 rings (SSSR count). The fourth-order valence-electron chi connectivity index (χ4n) is 3.39. The van der Waals surface area contributed by atoms with E-state index in [1.54, 1.807) is 43.3 Å². The van der Waals surface area contributed by atoms with Gasteiger partial charge < -0.3 is 4.74 Å². The van der Waals surface area contributed by atoms with Crippen molar-refractivity contribution in [2.45, 2.75) is 16.4 Å². The summed E-state index contributed by atoms with van der Waals surface area (Å²) in [7, 11) is -3.74. The predicted molar refractivity (Wildman–Crippen MR) is 132 cm³/mol. The molecule has 5 nitrogen and oxygen atoms in total. The lowest BCUT2D eigenvalue weighted by Gasteiger charge is -2.22. The number of rotatable bonds is 7. The highest BCUT2D eigenvalue weighted by atomic mass is 32.2. The molecule has 0 amide bonds. The van der Waals surface area contributed by atoms with Crippen molar-refractivity contribution in [2.75, 3.05) is 22.4 Å². The molecule has 0 saturated carbocycles. The minimum atomic E-state index is -3.74. The summed E-state index contributed by atoms with van der Waals surface area (Å²) < 4.78 is 33.4. The molecular formula is C24H23NO4S3. The maximum absolute atomic E-state index is 13.1. The van der Waals surface area contributed by atoms with Crippen molar-refractivity contribution in [1.82, 2.24) is 0 Å². The largest absolute Gasteiger partial charge is 0.423 e. The molecule has 3 aromatic rings. The zero-order valence-corrected chi connectivity index (χ0v) is 20.0. The highest BCUT2D eigenvalue weighted by Gasteiger charge is 2.24. The number of ether oxygens (including phenoxy) is 1. The summed E-state index contributed by atoms with van der Waals surface area (Å²) in [5.74, 6) is 2.24. The van der Waals surface area contributed by atoms with E-state index in [1.807, 2.05) is 41.7 Å². The van der Waals surface area contributed by atoms with E-state index in [2.05, 4.69) is 0 Å². The predicted octanol–water partition coefficient (Wildman–Crippen LogP) is 5.60. The van der Waals surface area contributed by atoms with Crippen molar-refractivity contribution >= 4 is 45.2 Å². The maximum Gasteiger partial charge on any atom is 0.343 e. The Morgan fingerprint density at radius 1 is 0.938 bits per heavy atom. The van der Waals surface area contributed by atoms with E-state index in [9.17, 15) is 13.2 Å². The fraction of sp³-hybridized carbons (Fsp3) is 0.208. The molecule has 8 heteroatoms. The summed E-state index contributed by atoms with van der Waals surface area (Å²) in [5, 5.41) is 0. The third kappa shape index (κ3) is 4.98. The number of thioether (sulfide) groups is 2. The van der Waals surface area contributed by atoms with Gasteiger partial charge in [-0.15, -0.1) is 23.5 Å². The molecule has 1 aliphatic rings. The van der Waals surface area contributed by atoms with Gasteiger partial charge in [0.15, 0.2) is 0 Å². The average Bonchev–Trinajstić information content (AvgIpc) is 3.36. The van der Waals surface area contributed by atoms with Crippen molar-refractivity contribution in [3.8, 4) is 5.75 Å². The summed E-state index contributed by atoms with van der Waals surface area (Å²) in [6.07, 6.45) is 0. The first kappa shape index (κ1) is 22.8. The molecule has 0 spiro atoms. The first-order valence-corrected chi connectivity index (χ1v) is 13.8. The molecule has 1 saturated heterocycles. The summed E-state index contributed by atoms with van der Waals surface area (Å²) in [4.78, 5) is 12.7. The van der Waals surface area contributed by atoms with Crippen LogP contribution in [0.25, 0.3) is 0 Å². The van der Waals surface area contributed by atoms with Crippen molar-refractivity contribution in [1.29, 1.82) is 0 Å². The number of carbonyl (C=O) groups excluding carboxylic acids is 1. The zero-order valence-electron chi connectivity index (χ0n) is 17.5. The number of hydrogen-bond acceptors (Lipinski definition) is 6. The van der Waals surface area contributed by atoms with Gasteiger partial charge in [-0.3, -0.25) is 4.31 Å². The monoisotopic (exact) mass is 485 g/mol. The minimum Gasteiger partial charge on any atom is -0.423 e. The van der Waals surface area contributed by atoms with E-state index in [-0.39, 0.29) is 10.5 Å². The van der Waals surface area contributed by atoms with Gasteiger partial charge in [0.2, 0.25) is 0 Å². The summed E-state index contributed by atoms with van der Waals surface area (Å²) >= 11 is 3.84. The van der Waals surface area contributed by atoms with Crippen molar-refractivity contribution in [3.05, 3.63) is 90.0 Å². The molecule has 1 aliphatic heterocycles. The molecule has 166 valence electrons. The molecule has 0 aromatic heterocycles. The normalized spacial score (nSPS) is 14.3. The summed E-state index contributed by atoms with van der Waals surface area (Å²) in [6, 6.07) is 22.3. The van der Waals surface area contributed by atoms with Crippen LogP contribution < -0.4 is 9.04 Å². The second-order valence-electron chi connectivity index (χ2n) is 7.06. The fourth-order valence-corrected chi connectivity index (χ4v) is 7.72. The topological polar surface area (TPSA) is 63.7 Å². The van der Waals surface area contributed by atoms with Gasteiger partial charge in [-0.2, -0.15) is 0 Å². The Balaban J connectivity index is 1.46. The molecule has 1 fully saturated rings. The first-order chi connectivity index (χ1) is 15.5. The Kier molecular flexibility index (Phi) is 7.13. The van der Waals surface area contributed by atoms with Crippen LogP contribution in [0.15, 0.2) is 83.8 Å². The van der Waals surface area contributed by atoms with Gasteiger partial charge in [-0.25, -0.2) is 13.2 Å². The second-order valence-corrected chi connectivity index (χ2v) is 11.6. The lowest BCUT2D eigenvalue weighted by molar-refractivity contribution is 0.0734. The van der Waals surface area contributed by atoms with E-state index in [0.29, 0.717) is 22.6 Å². The number of carbonyl (C=O) groups is 1. The van der Waals surface area contributed by atoms with Crippen LogP contribution in [0.2, 0.25) is 0 Å². The van der Waals surface area contributed by atoms with Crippen molar-refractivity contribution < 1.29 is 17.9 Å². The molecule has 0 N–H and O–H groups in total. The molecule has 0 aliphatic carbocycles. The van der Waals surface area contributed by atoms with E-state index in [1.165, 1.54) is 34.1 Å². The number of anilines is 1. The molecule has 0 radical (unpaired) electrons. The average molecular weight is 486 g/mol. The molecule has 0 unspecified atom stereocenters. The third-order valence-electron chi connectivity index (χ3n) is 4.99. The van der Waals surface area contributed by atoms with Gasteiger partial charge in [0.05, 0.1) is 20.7 Å². The maximum atomic E-state index is 13.1. The second kappa shape index (κ2) is 10.0.